The monoisotopic (exact) mass is 911 g/mol. The number of ether oxygens (including phenoxy) is 3. The van der Waals surface area contributed by atoms with Crippen LogP contribution in [0.3, 0.4) is 0 Å². The first-order chi connectivity index (χ1) is 32.0. The highest BCUT2D eigenvalue weighted by molar-refractivity contribution is 5.71. The minimum absolute atomic E-state index is 0.0774. The molecular weight excluding hydrogens is 805 g/mol. The number of hydrogen-bond acceptors (Lipinski definition) is 6. The van der Waals surface area contributed by atoms with Crippen LogP contribution in [0.4, 0.5) is 0 Å². The SMILES string of the molecule is CCCCC/C=C/C/C=C/CCCCCCCCCCCC(=O)OC[C@@H](COC(=O)CCCCCCCCCCCCCCC)OC(=O)CCCCCCC/C=C/C/C=C/CCCCC. The second-order valence-electron chi connectivity index (χ2n) is 18.8. The van der Waals surface area contributed by atoms with Crippen molar-refractivity contribution in [1.29, 1.82) is 0 Å². The van der Waals surface area contributed by atoms with Crippen molar-refractivity contribution in [2.24, 2.45) is 0 Å². The third-order valence-electron chi connectivity index (χ3n) is 12.3. The van der Waals surface area contributed by atoms with Crippen LogP contribution in [0.2, 0.25) is 0 Å². The van der Waals surface area contributed by atoms with Gasteiger partial charge in [-0.1, -0.05) is 236 Å². The molecule has 0 N–H and O–H groups in total. The number of unbranched alkanes of at least 4 members (excludes halogenated alkanes) is 32. The van der Waals surface area contributed by atoms with Crippen molar-refractivity contribution in [1.82, 2.24) is 0 Å². The molecule has 0 aromatic rings. The molecule has 0 saturated carbocycles. The molecule has 65 heavy (non-hydrogen) atoms. The second kappa shape index (κ2) is 54.0. The van der Waals surface area contributed by atoms with E-state index in [9.17, 15) is 14.4 Å². The Morgan fingerprint density at radius 2 is 0.554 bits per heavy atom. The molecule has 0 spiro atoms. The summed E-state index contributed by atoms with van der Waals surface area (Å²) in [6, 6.07) is 0. The molecule has 1 atom stereocenters. The Hall–Kier alpha value is -2.63. The summed E-state index contributed by atoms with van der Waals surface area (Å²) in [4.78, 5) is 38.1. The quantitative estimate of drug-likeness (QED) is 0.0262. The molecule has 0 amide bonds. The summed E-state index contributed by atoms with van der Waals surface area (Å²) in [5.41, 5.74) is 0. The largest absolute Gasteiger partial charge is 0.462 e. The molecule has 0 aliphatic rings. The fourth-order valence-corrected chi connectivity index (χ4v) is 8.03. The highest BCUT2D eigenvalue weighted by atomic mass is 16.6. The average molecular weight is 911 g/mol. The van der Waals surface area contributed by atoms with E-state index in [1.54, 1.807) is 0 Å². The standard InChI is InChI=1S/C59H106O6/c1-4-7-10-13-16-19-22-25-27-28-29-30-32-34-37-40-43-46-49-52-58(61)64-55-56(54-63-57(60)51-48-45-42-39-36-33-24-21-18-15-12-9-6-3)65-59(62)53-50-47-44-41-38-35-31-26-23-20-17-14-11-8-5-2/h16-17,19-20,25-27,31,56H,4-15,18,21-24,28-30,32-55H2,1-3H3/b19-16+,20-17+,27-25+,31-26+/t56-/m1/s1. The van der Waals surface area contributed by atoms with Crippen LogP contribution in [-0.2, 0) is 28.6 Å². The fourth-order valence-electron chi connectivity index (χ4n) is 8.03. The summed E-state index contributed by atoms with van der Waals surface area (Å²) in [5.74, 6) is -0.883. The van der Waals surface area contributed by atoms with Crippen LogP contribution in [0.15, 0.2) is 48.6 Å². The van der Waals surface area contributed by atoms with Crippen molar-refractivity contribution in [3.8, 4) is 0 Å². The number of rotatable bonds is 51. The van der Waals surface area contributed by atoms with Gasteiger partial charge in [0.15, 0.2) is 6.10 Å². The molecule has 0 radical (unpaired) electrons. The van der Waals surface area contributed by atoms with Crippen molar-refractivity contribution in [3.63, 3.8) is 0 Å². The van der Waals surface area contributed by atoms with Gasteiger partial charge in [-0.3, -0.25) is 14.4 Å². The van der Waals surface area contributed by atoms with E-state index in [0.29, 0.717) is 19.3 Å². The number of carbonyl (C=O) groups is 3. The molecule has 6 heteroatoms. The van der Waals surface area contributed by atoms with Gasteiger partial charge < -0.3 is 14.2 Å². The van der Waals surface area contributed by atoms with Crippen molar-refractivity contribution >= 4 is 17.9 Å². The van der Waals surface area contributed by atoms with Crippen LogP contribution >= 0.6 is 0 Å². The minimum atomic E-state index is -0.779. The third-order valence-corrected chi connectivity index (χ3v) is 12.3. The third kappa shape index (κ3) is 52.2. The van der Waals surface area contributed by atoms with E-state index in [1.165, 1.54) is 161 Å². The molecule has 0 aromatic heterocycles. The molecular formula is C59H106O6. The molecule has 0 aromatic carbocycles. The summed E-state index contributed by atoms with van der Waals surface area (Å²) in [7, 11) is 0. The molecule has 6 nitrogen and oxygen atoms in total. The maximum Gasteiger partial charge on any atom is 0.306 e. The zero-order valence-corrected chi connectivity index (χ0v) is 43.3. The summed E-state index contributed by atoms with van der Waals surface area (Å²) in [6.07, 6.45) is 65.2. The van der Waals surface area contributed by atoms with Gasteiger partial charge in [-0.15, -0.1) is 0 Å². The Morgan fingerprint density at radius 1 is 0.308 bits per heavy atom. The van der Waals surface area contributed by atoms with Gasteiger partial charge in [0.25, 0.3) is 0 Å². The van der Waals surface area contributed by atoms with E-state index in [0.717, 1.165) is 89.9 Å². The van der Waals surface area contributed by atoms with E-state index in [1.807, 2.05) is 0 Å². The lowest BCUT2D eigenvalue weighted by Crippen LogP contribution is -2.30. The first kappa shape index (κ1) is 62.4. The van der Waals surface area contributed by atoms with Crippen LogP contribution in [0.1, 0.15) is 290 Å². The Labute approximate surface area is 403 Å². The van der Waals surface area contributed by atoms with E-state index in [4.69, 9.17) is 14.2 Å². The Kier molecular flexibility index (Phi) is 51.8. The maximum atomic E-state index is 12.8. The maximum absolute atomic E-state index is 12.8. The molecule has 0 rings (SSSR count). The van der Waals surface area contributed by atoms with Gasteiger partial charge in [0.1, 0.15) is 13.2 Å². The molecule has 0 heterocycles. The summed E-state index contributed by atoms with van der Waals surface area (Å²) >= 11 is 0. The highest BCUT2D eigenvalue weighted by Gasteiger charge is 2.19. The van der Waals surface area contributed by atoms with Crippen molar-refractivity contribution in [2.75, 3.05) is 13.2 Å². The van der Waals surface area contributed by atoms with Crippen molar-refractivity contribution in [2.45, 2.75) is 297 Å². The molecule has 0 unspecified atom stereocenters. The summed E-state index contributed by atoms with van der Waals surface area (Å²) < 4.78 is 16.8. The fraction of sp³-hybridized carbons (Fsp3) is 0.814. The Balaban J connectivity index is 4.36. The molecule has 0 bridgehead atoms. The summed E-state index contributed by atoms with van der Waals surface area (Å²) in [5, 5.41) is 0. The number of esters is 3. The van der Waals surface area contributed by atoms with Crippen molar-refractivity contribution in [3.05, 3.63) is 48.6 Å². The van der Waals surface area contributed by atoms with Crippen LogP contribution in [0.25, 0.3) is 0 Å². The van der Waals surface area contributed by atoms with Crippen LogP contribution < -0.4 is 0 Å². The lowest BCUT2D eigenvalue weighted by Gasteiger charge is -2.18. The van der Waals surface area contributed by atoms with Gasteiger partial charge in [-0.05, 0) is 83.5 Å². The first-order valence-corrected chi connectivity index (χ1v) is 28.1. The summed E-state index contributed by atoms with van der Waals surface area (Å²) in [6.45, 7) is 6.60. The molecule has 0 fully saturated rings. The second-order valence-corrected chi connectivity index (χ2v) is 18.8. The normalized spacial score (nSPS) is 12.4. The first-order valence-electron chi connectivity index (χ1n) is 28.1. The van der Waals surface area contributed by atoms with Gasteiger partial charge in [0, 0.05) is 19.3 Å². The topological polar surface area (TPSA) is 78.9 Å². The van der Waals surface area contributed by atoms with E-state index >= 15 is 0 Å². The molecule has 378 valence electrons. The van der Waals surface area contributed by atoms with Crippen molar-refractivity contribution < 1.29 is 28.6 Å². The molecule has 0 aliphatic carbocycles. The predicted octanol–water partition coefficient (Wildman–Crippen LogP) is 18.7. The van der Waals surface area contributed by atoms with E-state index < -0.39 is 6.10 Å². The Bertz CT molecular complexity index is 1140. The van der Waals surface area contributed by atoms with Gasteiger partial charge >= 0.3 is 17.9 Å². The molecule has 0 saturated heterocycles. The van der Waals surface area contributed by atoms with E-state index in [-0.39, 0.29) is 31.1 Å². The van der Waals surface area contributed by atoms with Gasteiger partial charge in [0.2, 0.25) is 0 Å². The lowest BCUT2D eigenvalue weighted by atomic mass is 10.0. The number of carbonyl (C=O) groups excluding carboxylic acids is 3. The smallest absolute Gasteiger partial charge is 0.306 e. The lowest BCUT2D eigenvalue weighted by molar-refractivity contribution is -0.167. The minimum Gasteiger partial charge on any atom is -0.462 e. The highest BCUT2D eigenvalue weighted by Crippen LogP contribution is 2.16. The van der Waals surface area contributed by atoms with Crippen LogP contribution in [-0.4, -0.2) is 37.2 Å². The van der Waals surface area contributed by atoms with E-state index in [2.05, 4.69) is 69.4 Å². The predicted molar refractivity (Wildman–Crippen MR) is 279 cm³/mol. The zero-order valence-electron chi connectivity index (χ0n) is 43.3. The van der Waals surface area contributed by atoms with Crippen LogP contribution in [0, 0.1) is 0 Å². The Morgan fingerprint density at radius 3 is 0.877 bits per heavy atom. The number of allylic oxidation sites excluding steroid dienone is 8. The molecule has 0 aliphatic heterocycles. The number of hydrogen-bond donors (Lipinski definition) is 0. The van der Waals surface area contributed by atoms with Gasteiger partial charge in [0.05, 0.1) is 0 Å². The van der Waals surface area contributed by atoms with Crippen LogP contribution in [0.5, 0.6) is 0 Å². The van der Waals surface area contributed by atoms with Gasteiger partial charge in [-0.25, -0.2) is 0 Å². The average Bonchev–Trinajstić information content (AvgIpc) is 3.30. The zero-order chi connectivity index (χ0) is 47.2. The van der Waals surface area contributed by atoms with Gasteiger partial charge in [-0.2, -0.15) is 0 Å².